The molecule has 37 heavy (non-hydrogen) atoms. The lowest BCUT2D eigenvalue weighted by Crippen LogP contribution is -2.40. The summed E-state index contributed by atoms with van der Waals surface area (Å²) in [5.74, 6) is 0.164. The maximum atomic E-state index is 13.3. The maximum absolute atomic E-state index is 13.3. The molecule has 2 N–H and O–H groups in total. The normalized spacial score (nSPS) is 15.2. The summed E-state index contributed by atoms with van der Waals surface area (Å²) in [6, 6.07) is 8.60. The van der Waals surface area contributed by atoms with Crippen LogP contribution < -0.4 is 5.73 Å². The quantitative estimate of drug-likeness (QED) is 0.252. The van der Waals surface area contributed by atoms with Crippen LogP contribution >= 0.6 is 0 Å². The Morgan fingerprint density at radius 3 is 2.70 bits per heavy atom. The number of hydrogen-bond donors (Lipinski definition) is 1. The number of sulfonamides is 1. The van der Waals surface area contributed by atoms with Gasteiger partial charge in [-0.25, -0.2) is 18.4 Å². The third-order valence-corrected chi connectivity index (χ3v) is 7.73. The summed E-state index contributed by atoms with van der Waals surface area (Å²) >= 11 is 0. The lowest BCUT2D eigenvalue weighted by molar-refractivity contribution is 0.0730. The minimum Gasteiger partial charge on any atom is -0.394 e. The number of ether oxygens (including phenoxy) is 1. The second-order valence-electron chi connectivity index (χ2n) is 8.80. The number of aromatic nitrogens is 3. The topological polar surface area (TPSA) is 136 Å². The first-order valence-electron chi connectivity index (χ1n) is 11.8. The van der Waals surface area contributed by atoms with Crippen LogP contribution in [0.2, 0.25) is 0 Å². The molecule has 1 saturated heterocycles. The van der Waals surface area contributed by atoms with E-state index in [2.05, 4.69) is 15.1 Å². The van der Waals surface area contributed by atoms with Crippen molar-refractivity contribution in [1.29, 1.82) is 0 Å². The summed E-state index contributed by atoms with van der Waals surface area (Å²) in [7, 11) is 0.200. The Bertz CT molecular complexity index is 1360. The van der Waals surface area contributed by atoms with Gasteiger partial charge in [0.2, 0.25) is 10.0 Å². The largest absolute Gasteiger partial charge is 0.394 e. The number of hydrogen-bond acceptors (Lipinski definition) is 10. The highest BCUT2D eigenvalue weighted by Gasteiger charge is 2.27. The summed E-state index contributed by atoms with van der Waals surface area (Å²) in [4.78, 5) is 21.0. The number of aryl methyl sites for hydroxylation is 1. The first-order valence-corrected chi connectivity index (χ1v) is 13.3. The van der Waals surface area contributed by atoms with Crippen molar-refractivity contribution in [3.8, 4) is 11.3 Å². The Balaban J connectivity index is 1.74. The Morgan fingerprint density at radius 1 is 1.22 bits per heavy atom. The molecule has 0 aliphatic carbocycles. The van der Waals surface area contributed by atoms with Gasteiger partial charge in [0.15, 0.2) is 5.82 Å². The fraction of sp³-hybridized carbons (Fsp3) is 0.360. The van der Waals surface area contributed by atoms with Crippen molar-refractivity contribution in [2.45, 2.75) is 11.8 Å². The summed E-state index contributed by atoms with van der Waals surface area (Å²) in [5, 5.41) is 4.33. The molecule has 0 saturated carbocycles. The molecular formula is C25H31N7O4S. The van der Waals surface area contributed by atoms with E-state index in [-0.39, 0.29) is 10.7 Å². The van der Waals surface area contributed by atoms with Crippen LogP contribution in [0.3, 0.4) is 0 Å². The lowest BCUT2D eigenvalue weighted by atomic mass is 10.1. The zero-order valence-corrected chi connectivity index (χ0v) is 22.0. The highest BCUT2D eigenvalue weighted by Crippen LogP contribution is 2.28. The Morgan fingerprint density at radius 2 is 2.00 bits per heavy atom. The summed E-state index contributed by atoms with van der Waals surface area (Å²) in [6.07, 6.45) is 4.83. The fourth-order valence-corrected chi connectivity index (χ4v) is 5.18. The van der Waals surface area contributed by atoms with E-state index < -0.39 is 10.0 Å². The van der Waals surface area contributed by atoms with Crippen molar-refractivity contribution < 1.29 is 18.0 Å². The van der Waals surface area contributed by atoms with Gasteiger partial charge in [0, 0.05) is 43.2 Å². The van der Waals surface area contributed by atoms with Crippen LogP contribution in [0, 0.1) is 6.92 Å². The molecule has 12 heteroatoms. The van der Waals surface area contributed by atoms with Gasteiger partial charge < -0.3 is 20.2 Å². The highest BCUT2D eigenvalue weighted by atomic mass is 32.2. The lowest BCUT2D eigenvalue weighted by Gasteiger charge is -2.26. The zero-order chi connectivity index (χ0) is 26.4. The maximum Gasteiger partial charge on any atom is 0.243 e. The van der Waals surface area contributed by atoms with Crippen molar-refractivity contribution in [1.82, 2.24) is 24.2 Å². The predicted molar refractivity (Wildman–Crippen MR) is 141 cm³/mol. The molecule has 2 aromatic heterocycles. The summed E-state index contributed by atoms with van der Waals surface area (Å²) in [5.41, 5.74) is 9.53. The SMILES string of the molecule is Cc1ccc(S(=O)(=O)N2CCOCC2)cc1-c1cnc(N)c(/C(=N/OCCN(C)C)c2cccnc2)n1. The third-order valence-electron chi connectivity index (χ3n) is 5.84. The molecule has 196 valence electrons. The van der Waals surface area contributed by atoms with Gasteiger partial charge in [0.25, 0.3) is 0 Å². The Kier molecular flexibility index (Phi) is 8.44. The van der Waals surface area contributed by atoms with E-state index >= 15 is 0 Å². The van der Waals surface area contributed by atoms with Gasteiger partial charge in [-0.3, -0.25) is 4.98 Å². The van der Waals surface area contributed by atoms with E-state index in [1.54, 1.807) is 36.7 Å². The molecule has 3 heterocycles. The number of oxime groups is 1. The minimum atomic E-state index is -3.68. The van der Waals surface area contributed by atoms with Crippen LogP contribution in [0.1, 0.15) is 16.8 Å². The molecule has 1 aliphatic heterocycles. The number of likely N-dealkylation sites (N-methyl/N-ethyl adjacent to an activating group) is 1. The number of nitrogens with zero attached hydrogens (tertiary/aromatic N) is 6. The third kappa shape index (κ3) is 6.28. The molecule has 1 aliphatic rings. The minimum absolute atomic E-state index is 0.164. The number of rotatable bonds is 9. The van der Waals surface area contributed by atoms with Crippen molar-refractivity contribution in [2.75, 3.05) is 59.3 Å². The molecule has 1 aromatic carbocycles. The Labute approximate surface area is 217 Å². The second kappa shape index (κ2) is 11.7. The van der Waals surface area contributed by atoms with Crippen LogP contribution in [0.4, 0.5) is 5.82 Å². The van der Waals surface area contributed by atoms with Gasteiger partial charge in [-0.05, 0) is 50.8 Å². The highest BCUT2D eigenvalue weighted by molar-refractivity contribution is 7.89. The van der Waals surface area contributed by atoms with E-state index in [4.69, 9.17) is 20.3 Å². The number of nitrogens with two attached hydrogens (primary N) is 1. The van der Waals surface area contributed by atoms with E-state index in [0.717, 1.165) is 5.56 Å². The molecule has 0 radical (unpaired) electrons. The smallest absolute Gasteiger partial charge is 0.243 e. The van der Waals surface area contributed by atoms with Crippen molar-refractivity contribution in [2.24, 2.45) is 5.16 Å². The van der Waals surface area contributed by atoms with Crippen LogP contribution in [0.15, 0.2) is 59.0 Å². The van der Waals surface area contributed by atoms with Gasteiger partial charge in [-0.2, -0.15) is 4.31 Å². The molecule has 0 amide bonds. The standard InChI is InChI=1S/C25H31N7O4S/c1-18-6-7-20(37(33,34)32-10-12-35-13-11-32)15-21(18)22-17-28-25(26)24(29-22)23(19-5-4-8-27-16-19)30-36-14-9-31(2)3/h4-8,15-17H,9-14H2,1-3H3,(H2,26,28)/b30-23+. The van der Waals surface area contributed by atoms with Gasteiger partial charge in [0.1, 0.15) is 18.0 Å². The molecule has 0 bridgehead atoms. The van der Waals surface area contributed by atoms with Gasteiger partial charge in [-0.1, -0.05) is 11.2 Å². The molecule has 0 unspecified atom stereocenters. The van der Waals surface area contributed by atoms with E-state index in [9.17, 15) is 8.42 Å². The van der Waals surface area contributed by atoms with E-state index in [1.165, 1.54) is 10.5 Å². The van der Waals surface area contributed by atoms with Gasteiger partial charge in [-0.15, -0.1) is 0 Å². The molecule has 1 fully saturated rings. The van der Waals surface area contributed by atoms with Gasteiger partial charge in [0.05, 0.1) is 30.0 Å². The number of nitrogen functional groups attached to an aromatic ring is 1. The molecule has 3 aromatic rings. The molecule has 0 atom stereocenters. The summed E-state index contributed by atoms with van der Waals surface area (Å²) in [6.45, 7) is 4.31. The van der Waals surface area contributed by atoms with E-state index in [1.807, 2.05) is 32.0 Å². The first kappa shape index (κ1) is 26.6. The van der Waals surface area contributed by atoms with Crippen molar-refractivity contribution in [3.05, 3.63) is 65.7 Å². The van der Waals surface area contributed by atoms with Crippen molar-refractivity contribution in [3.63, 3.8) is 0 Å². The average Bonchev–Trinajstić information content (AvgIpc) is 2.90. The zero-order valence-electron chi connectivity index (χ0n) is 21.2. The molecule has 0 spiro atoms. The van der Waals surface area contributed by atoms with Gasteiger partial charge >= 0.3 is 0 Å². The summed E-state index contributed by atoms with van der Waals surface area (Å²) < 4.78 is 33.3. The second-order valence-corrected chi connectivity index (χ2v) is 10.7. The van der Waals surface area contributed by atoms with Crippen LogP contribution in [-0.4, -0.2) is 91.8 Å². The first-order chi connectivity index (χ1) is 17.8. The monoisotopic (exact) mass is 525 g/mol. The number of morpholine rings is 1. The molecular weight excluding hydrogens is 494 g/mol. The van der Waals surface area contributed by atoms with E-state index in [0.29, 0.717) is 67.7 Å². The van der Waals surface area contributed by atoms with Crippen molar-refractivity contribution >= 4 is 21.6 Å². The molecule has 11 nitrogen and oxygen atoms in total. The number of anilines is 1. The molecule has 4 rings (SSSR count). The fourth-order valence-electron chi connectivity index (χ4n) is 3.75. The van der Waals surface area contributed by atoms with Crippen LogP contribution in [0.5, 0.6) is 0 Å². The number of benzene rings is 1. The van der Waals surface area contributed by atoms with Crippen LogP contribution in [-0.2, 0) is 19.6 Å². The predicted octanol–water partition coefficient (Wildman–Crippen LogP) is 1.78. The average molecular weight is 526 g/mol. The number of pyridine rings is 1. The van der Waals surface area contributed by atoms with Crippen LogP contribution in [0.25, 0.3) is 11.3 Å². The Hall–Kier alpha value is -3.45.